The predicted molar refractivity (Wildman–Crippen MR) is 64.8 cm³/mol. The highest BCUT2D eigenvalue weighted by atomic mass is 32.1. The number of nitrogens with one attached hydrogen (secondary N) is 1. The molecule has 0 spiro atoms. The first-order valence-electron chi connectivity index (χ1n) is 5.49. The highest BCUT2D eigenvalue weighted by Gasteiger charge is 2.19. The predicted octanol–water partition coefficient (Wildman–Crippen LogP) is 2.77. The van der Waals surface area contributed by atoms with Gasteiger partial charge in [-0.3, -0.25) is 4.79 Å². The number of hydrogen-bond donors (Lipinski definition) is 1. The molecule has 0 saturated heterocycles. The largest absolute Gasteiger partial charge is 0.322 e. The summed E-state index contributed by atoms with van der Waals surface area (Å²) in [5, 5.41) is 7.18. The molecule has 1 fully saturated rings. The van der Waals surface area contributed by atoms with Crippen molar-refractivity contribution in [1.82, 2.24) is 10.2 Å². The Hall–Kier alpha value is -1.42. The standard InChI is InChI=1S/C12H12N2OS/c15-12-14-13-11(16-12)10-6-4-9(5-7-10)8-2-1-3-8/h4-8H,1-3H2,(H,14,15). The molecule has 1 aromatic carbocycles. The van der Waals surface area contributed by atoms with Gasteiger partial charge in [0.1, 0.15) is 5.01 Å². The molecule has 0 radical (unpaired) electrons. The molecule has 16 heavy (non-hydrogen) atoms. The van der Waals surface area contributed by atoms with Crippen LogP contribution in [-0.4, -0.2) is 10.2 Å². The van der Waals surface area contributed by atoms with Crippen molar-refractivity contribution in [1.29, 1.82) is 0 Å². The maximum absolute atomic E-state index is 11.0. The molecule has 3 rings (SSSR count). The van der Waals surface area contributed by atoms with Gasteiger partial charge in [0.05, 0.1) is 0 Å². The first-order chi connectivity index (χ1) is 7.83. The topological polar surface area (TPSA) is 45.8 Å². The lowest BCUT2D eigenvalue weighted by Gasteiger charge is -2.25. The molecule has 82 valence electrons. The van der Waals surface area contributed by atoms with E-state index in [2.05, 4.69) is 34.5 Å². The van der Waals surface area contributed by atoms with Gasteiger partial charge >= 0.3 is 4.87 Å². The van der Waals surface area contributed by atoms with Crippen molar-refractivity contribution >= 4 is 11.3 Å². The van der Waals surface area contributed by atoms with Gasteiger partial charge in [-0.05, 0) is 24.3 Å². The number of aromatic amines is 1. The van der Waals surface area contributed by atoms with E-state index in [1.807, 2.05) is 0 Å². The minimum absolute atomic E-state index is 0.0990. The zero-order chi connectivity index (χ0) is 11.0. The number of rotatable bonds is 2. The summed E-state index contributed by atoms with van der Waals surface area (Å²) in [5.41, 5.74) is 2.43. The lowest BCUT2D eigenvalue weighted by atomic mass is 9.80. The van der Waals surface area contributed by atoms with Gasteiger partial charge in [-0.2, -0.15) is 5.10 Å². The van der Waals surface area contributed by atoms with Gasteiger partial charge in [0, 0.05) is 5.56 Å². The highest BCUT2D eigenvalue weighted by Crippen LogP contribution is 2.36. The summed E-state index contributed by atoms with van der Waals surface area (Å²) in [7, 11) is 0. The van der Waals surface area contributed by atoms with Crippen LogP contribution in [0.25, 0.3) is 10.6 Å². The lowest BCUT2D eigenvalue weighted by molar-refractivity contribution is 0.420. The number of hydrogen-bond acceptors (Lipinski definition) is 3. The van der Waals surface area contributed by atoms with E-state index in [0.717, 1.165) is 27.8 Å². The lowest BCUT2D eigenvalue weighted by Crippen LogP contribution is -2.08. The monoisotopic (exact) mass is 232 g/mol. The van der Waals surface area contributed by atoms with Crippen molar-refractivity contribution in [3.05, 3.63) is 39.5 Å². The molecule has 0 bridgehead atoms. The van der Waals surface area contributed by atoms with Gasteiger partial charge in [-0.25, -0.2) is 5.10 Å². The van der Waals surface area contributed by atoms with E-state index in [4.69, 9.17) is 0 Å². The first-order valence-corrected chi connectivity index (χ1v) is 6.30. The van der Waals surface area contributed by atoms with Crippen molar-refractivity contribution in [2.24, 2.45) is 0 Å². The van der Waals surface area contributed by atoms with Crippen molar-refractivity contribution in [2.45, 2.75) is 25.2 Å². The van der Waals surface area contributed by atoms with E-state index in [-0.39, 0.29) is 4.87 Å². The van der Waals surface area contributed by atoms with Crippen LogP contribution in [0.5, 0.6) is 0 Å². The minimum atomic E-state index is -0.0990. The van der Waals surface area contributed by atoms with Gasteiger partial charge in [0.25, 0.3) is 0 Å². The van der Waals surface area contributed by atoms with Crippen LogP contribution >= 0.6 is 11.3 Å². The summed E-state index contributed by atoms with van der Waals surface area (Å²) in [6.45, 7) is 0. The van der Waals surface area contributed by atoms with E-state index < -0.39 is 0 Å². The number of benzene rings is 1. The van der Waals surface area contributed by atoms with E-state index >= 15 is 0 Å². The molecule has 4 heteroatoms. The summed E-state index contributed by atoms with van der Waals surface area (Å²) in [5.74, 6) is 0.756. The second-order valence-electron chi connectivity index (χ2n) is 4.17. The van der Waals surface area contributed by atoms with Crippen LogP contribution in [0.3, 0.4) is 0 Å². The van der Waals surface area contributed by atoms with Crippen LogP contribution < -0.4 is 4.87 Å². The molecule has 3 nitrogen and oxygen atoms in total. The fourth-order valence-electron chi connectivity index (χ4n) is 1.99. The van der Waals surface area contributed by atoms with Crippen molar-refractivity contribution in [3.8, 4) is 10.6 Å². The molecule has 1 heterocycles. The smallest absolute Gasteiger partial charge is 0.255 e. The molecular formula is C12H12N2OS. The summed E-state index contributed by atoms with van der Waals surface area (Å²) in [6.07, 6.45) is 3.98. The third-order valence-electron chi connectivity index (χ3n) is 3.17. The number of aromatic nitrogens is 2. The average Bonchev–Trinajstić information content (AvgIpc) is 2.63. The van der Waals surface area contributed by atoms with Gasteiger partial charge in [-0.15, -0.1) is 0 Å². The maximum atomic E-state index is 11.0. The van der Waals surface area contributed by atoms with Crippen molar-refractivity contribution in [2.75, 3.05) is 0 Å². The molecule has 1 aromatic heterocycles. The molecule has 1 saturated carbocycles. The molecule has 0 amide bonds. The Morgan fingerprint density at radius 2 is 2.00 bits per heavy atom. The van der Waals surface area contributed by atoms with Crippen molar-refractivity contribution < 1.29 is 0 Å². The highest BCUT2D eigenvalue weighted by molar-refractivity contribution is 7.12. The summed E-state index contributed by atoms with van der Waals surface area (Å²) in [6, 6.07) is 8.43. The van der Waals surface area contributed by atoms with Gasteiger partial charge in [-0.1, -0.05) is 42.0 Å². The molecule has 2 aromatic rings. The quantitative estimate of drug-likeness (QED) is 0.865. The van der Waals surface area contributed by atoms with Gasteiger partial charge in [0.2, 0.25) is 0 Å². The first kappa shape index (κ1) is 9.78. The maximum Gasteiger partial charge on any atom is 0.322 e. The Labute approximate surface area is 97.2 Å². The number of nitrogens with zero attached hydrogens (tertiary/aromatic N) is 1. The summed E-state index contributed by atoms with van der Waals surface area (Å²) < 4.78 is 0. The Balaban J connectivity index is 1.89. The van der Waals surface area contributed by atoms with E-state index in [0.29, 0.717) is 0 Å². The number of H-pyrrole nitrogens is 1. The summed E-state index contributed by atoms with van der Waals surface area (Å²) in [4.78, 5) is 10.9. The average molecular weight is 232 g/mol. The molecule has 1 N–H and O–H groups in total. The van der Waals surface area contributed by atoms with Crippen LogP contribution in [0.2, 0.25) is 0 Å². The van der Waals surface area contributed by atoms with Crippen LogP contribution in [0.4, 0.5) is 0 Å². The minimum Gasteiger partial charge on any atom is -0.255 e. The summed E-state index contributed by atoms with van der Waals surface area (Å²) >= 11 is 1.15. The van der Waals surface area contributed by atoms with E-state index in [1.54, 1.807) is 0 Å². The Morgan fingerprint density at radius 3 is 2.50 bits per heavy atom. The molecule has 0 aliphatic heterocycles. The van der Waals surface area contributed by atoms with Gasteiger partial charge in [0.15, 0.2) is 0 Å². The Kier molecular flexibility index (Phi) is 2.36. The zero-order valence-corrected chi connectivity index (χ0v) is 9.59. The molecule has 1 aliphatic carbocycles. The normalized spacial score (nSPS) is 16.0. The molecule has 0 unspecified atom stereocenters. The van der Waals surface area contributed by atoms with E-state index in [1.165, 1.54) is 24.8 Å². The second kappa shape index (κ2) is 3.87. The van der Waals surface area contributed by atoms with Crippen LogP contribution in [0.15, 0.2) is 29.1 Å². The van der Waals surface area contributed by atoms with Crippen LogP contribution in [0, 0.1) is 0 Å². The van der Waals surface area contributed by atoms with Gasteiger partial charge < -0.3 is 0 Å². The second-order valence-corrected chi connectivity index (χ2v) is 5.13. The Morgan fingerprint density at radius 1 is 1.25 bits per heavy atom. The fraction of sp³-hybridized carbons (Fsp3) is 0.333. The third kappa shape index (κ3) is 1.69. The molecule has 0 atom stereocenters. The molecule has 1 aliphatic rings. The molecular weight excluding hydrogens is 220 g/mol. The van der Waals surface area contributed by atoms with Crippen molar-refractivity contribution in [3.63, 3.8) is 0 Å². The van der Waals surface area contributed by atoms with Crippen LogP contribution in [-0.2, 0) is 0 Å². The van der Waals surface area contributed by atoms with Crippen LogP contribution in [0.1, 0.15) is 30.7 Å². The van der Waals surface area contributed by atoms with E-state index in [9.17, 15) is 4.79 Å². The zero-order valence-electron chi connectivity index (χ0n) is 8.77. The SMILES string of the molecule is O=c1[nH]nc(-c2ccc(C3CCC3)cc2)s1. The third-order valence-corrected chi connectivity index (χ3v) is 3.97. The fourth-order valence-corrected chi connectivity index (χ4v) is 2.60. The Bertz CT molecular complexity index is 537.